The molecule has 0 bridgehead atoms. The Kier molecular flexibility index (Phi) is 3.59. The zero-order chi connectivity index (χ0) is 10.5. The molecule has 0 aliphatic heterocycles. The van der Waals surface area contributed by atoms with Gasteiger partial charge >= 0.3 is 0 Å². The first-order valence-electron chi connectivity index (χ1n) is 5.19. The molecule has 2 heterocycles. The molecule has 1 atom stereocenters. The number of hydrogen-bond donors (Lipinski definition) is 1. The fourth-order valence-electron chi connectivity index (χ4n) is 1.57. The van der Waals surface area contributed by atoms with Crippen LogP contribution in [0, 0.1) is 0 Å². The average molecular weight is 221 g/mol. The molecule has 80 valence electrons. The molecule has 15 heavy (non-hydrogen) atoms. The van der Waals surface area contributed by atoms with Crippen LogP contribution in [0.5, 0.6) is 0 Å². The third kappa shape index (κ3) is 2.70. The molecule has 3 heteroatoms. The van der Waals surface area contributed by atoms with Crippen LogP contribution in [0.15, 0.2) is 40.3 Å². The zero-order valence-electron chi connectivity index (χ0n) is 8.77. The van der Waals surface area contributed by atoms with Gasteiger partial charge in [-0.2, -0.15) is 0 Å². The highest BCUT2D eigenvalue weighted by Crippen LogP contribution is 2.18. The zero-order valence-corrected chi connectivity index (χ0v) is 9.59. The van der Waals surface area contributed by atoms with Gasteiger partial charge < -0.3 is 9.73 Å². The van der Waals surface area contributed by atoms with Crippen molar-refractivity contribution in [1.29, 1.82) is 0 Å². The largest absolute Gasteiger partial charge is 0.468 e. The molecular weight excluding hydrogens is 206 g/mol. The summed E-state index contributed by atoms with van der Waals surface area (Å²) in [5.41, 5.74) is 0. The first kappa shape index (κ1) is 10.5. The van der Waals surface area contributed by atoms with Gasteiger partial charge in [-0.25, -0.2) is 0 Å². The third-order valence-electron chi connectivity index (χ3n) is 2.40. The lowest BCUT2D eigenvalue weighted by Gasteiger charge is -2.13. The molecule has 0 aromatic carbocycles. The summed E-state index contributed by atoms with van der Waals surface area (Å²) in [7, 11) is 0. The van der Waals surface area contributed by atoms with Crippen molar-refractivity contribution >= 4 is 11.3 Å². The second-order valence-corrected chi connectivity index (χ2v) is 4.47. The van der Waals surface area contributed by atoms with Crippen molar-refractivity contribution < 1.29 is 4.42 Å². The summed E-state index contributed by atoms with van der Waals surface area (Å²) < 4.78 is 5.40. The fourth-order valence-corrected chi connectivity index (χ4v) is 2.23. The van der Waals surface area contributed by atoms with Crippen LogP contribution >= 0.6 is 11.3 Å². The lowest BCUT2D eigenvalue weighted by Crippen LogP contribution is -2.19. The first-order valence-corrected chi connectivity index (χ1v) is 6.07. The molecule has 2 nitrogen and oxygen atoms in total. The molecule has 2 rings (SSSR count). The smallest absolute Gasteiger partial charge is 0.120 e. The van der Waals surface area contributed by atoms with Gasteiger partial charge in [0.2, 0.25) is 0 Å². The monoisotopic (exact) mass is 221 g/mol. The fraction of sp³-hybridized carbons (Fsp3) is 0.333. The Balaban J connectivity index is 1.92. The van der Waals surface area contributed by atoms with E-state index in [1.165, 1.54) is 4.88 Å². The molecule has 1 unspecified atom stereocenters. The Morgan fingerprint density at radius 3 is 2.93 bits per heavy atom. The normalized spacial score (nSPS) is 12.9. The van der Waals surface area contributed by atoms with E-state index in [4.69, 9.17) is 4.42 Å². The molecule has 0 aliphatic carbocycles. The summed E-state index contributed by atoms with van der Waals surface area (Å²) in [6.45, 7) is 3.07. The summed E-state index contributed by atoms with van der Waals surface area (Å²) in [6, 6.07) is 8.50. The van der Waals surface area contributed by atoms with Crippen LogP contribution in [-0.4, -0.2) is 0 Å². The number of thiophene rings is 1. The van der Waals surface area contributed by atoms with Gasteiger partial charge in [0, 0.05) is 11.4 Å². The summed E-state index contributed by atoms with van der Waals surface area (Å²) in [6.07, 6.45) is 2.77. The molecule has 0 spiro atoms. The quantitative estimate of drug-likeness (QED) is 0.834. The van der Waals surface area contributed by atoms with Gasteiger partial charge in [0.05, 0.1) is 12.3 Å². The molecule has 0 amide bonds. The van der Waals surface area contributed by atoms with Crippen molar-refractivity contribution in [2.75, 3.05) is 0 Å². The topological polar surface area (TPSA) is 25.2 Å². The highest BCUT2D eigenvalue weighted by atomic mass is 32.1. The number of hydrogen-bond acceptors (Lipinski definition) is 3. The van der Waals surface area contributed by atoms with E-state index in [0.29, 0.717) is 6.04 Å². The van der Waals surface area contributed by atoms with Crippen molar-refractivity contribution in [2.45, 2.75) is 25.9 Å². The van der Waals surface area contributed by atoms with Crippen LogP contribution in [-0.2, 0) is 6.54 Å². The van der Waals surface area contributed by atoms with Crippen LogP contribution in [0.25, 0.3) is 0 Å². The molecule has 0 radical (unpaired) electrons. The maximum atomic E-state index is 5.40. The summed E-state index contributed by atoms with van der Waals surface area (Å²) in [5, 5.41) is 5.59. The highest BCUT2D eigenvalue weighted by molar-refractivity contribution is 7.09. The molecule has 2 aromatic rings. The Morgan fingerprint density at radius 1 is 1.40 bits per heavy atom. The van der Waals surface area contributed by atoms with E-state index in [9.17, 15) is 0 Å². The lowest BCUT2D eigenvalue weighted by molar-refractivity contribution is 0.404. The molecule has 0 fully saturated rings. The van der Waals surface area contributed by atoms with Gasteiger partial charge in [-0.3, -0.25) is 0 Å². The van der Waals surface area contributed by atoms with Crippen LogP contribution < -0.4 is 5.32 Å². The highest BCUT2D eigenvalue weighted by Gasteiger charge is 2.10. The summed E-state index contributed by atoms with van der Waals surface area (Å²) >= 11 is 1.78. The van der Waals surface area contributed by atoms with E-state index in [-0.39, 0.29) is 0 Å². The predicted octanol–water partition coefficient (Wildman–Crippen LogP) is 3.58. The van der Waals surface area contributed by atoms with E-state index in [1.807, 2.05) is 12.1 Å². The number of nitrogens with one attached hydrogen (secondary N) is 1. The average Bonchev–Trinajstić information content (AvgIpc) is 2.90. The summed E-state index contributed by atoms with van der Waals surface area (Å²) in [5.74, 6) is 1.02. The molecule has 2 aromatic heterocycles. The van der Waals surface area contributed by atoms with Crippen molar-refractivity contribution in [2.24, 2.45) is 0 Å². The van der Waals surface area contributed by atoms with E-state index in [0.717, 1.165) is 18.7 Å². The molecule has 0 aliphatic rings. The predicted molar refractivity (Wildman–Crippen MR) is 62.9 cm³/mol. The Morgan fingerprint density at radius 2 is 2.33 bits per heavy atom. The summed E-state index contributed by atoms with van der Waals surface area (Å²) in [4.78, 5) is 1.36. The third-order valence-corrected chi connectivity index (χ3v) is 3.27. The standard InChI is InChI=1S/C12H15NOS/c1-2-11(12-6-3-7-14-12)13-9-10-5-4-8-15-10/h3-8,11,13H,2,9H2,1H3. The second kappa shape index (κ2) is 5.14. The Bertz CT molecular complexity index is 366. The minimum absolute atomic E-state index is 0.321. The second-order valence-electron chi connectivity index (χ2n) is 3.44. The van der Waals surface area contributed by atoms with E-state index >= 15 is 0 Å². The SMILES string of the molecule is CCC(NCc1cccs1)c1ccco1. The minimum Gasteiger partial charge on any atom is -0.468 e. The number of rotatable bonds is 5. The van der Waals surface area contributed by atoms with Crippen LogP contribution in [0.2, 0.25) is 0 Å². The van der Waals surface area contributed by atoms with Gasteiger partial charge in [0.25, 0.3) is 0 Å². The minimum atomic E-state index is 0.321. The van der Waals surface area contributed by atoms with Crippen LogP contribution in [0.1, 0.15) is 30.0 Å². The Hall–Kier alpha value is -1.06. The lowest BCUT2D eigenvalue weighted by atomic mass is 10.2. The maximum absolute atomic E-state index is 5.40. The van der Waals surface area contributed by atoms with Crippen molar-refractivity contribution in [3.05, 3.63) is 46.5 Å². The molecular formula is C12H15NOS. The first-order chi connectivity index (χ1) is 7.40. The molecule has 0 saturated carbocycles. The molecule has 0 saturated heterocycles. The van der Waals surface area contributed by atoms with Gasteiger partial charge in [0.1, 0.15) is 5.76 Å². The van der Waals surface area contributed by atoms with Gasteiger partial charge in [-0.1, -0.05) is 13.0 Å². The maximum Gasteiger partial charge on any atom is 0.120 e. The van der Waals surface area contributed by atoms with Crippen molar-refractivity contribution in [3.8, 4) is 0 Å². The van der Waals surface area contributed by atoms with Crippen molar-refractivity contribution in [1.82, 2.24) is 5.32 Å². The number of furan rings is 1. The van der Waals surface area contributed by atoms with Crippen LogP contribution in [0.4, 0.5) is 0 Å². The van der Waals surface area contributed by atoms with E-state index in [1.54, 1.807) is 17.6 Å². The van der Waals surface area contributed by atoms with Gasteiger partial charge in [0.15, 0.2) is 0 Å². The van der Waals surface area contributed by atoms with E-state index < -0.39 is 0 Å². The van der Waals surface area contributed by atoms with Gasteiger partial charge in [-0.15, -0.1) is 11.3 Å². The van der Waals surface area contributed by atoms with Gasteiger partial charge in [-0.05, 0) is 30.0 Å². The van der Waals surface area contributed by atoms with Crippen LogP contribution in [0.3, 0.4) is 0 Å². The molecule has 1 N–H and O–H groups in total. The van der Waals surface area contributed by atoms with Crippen molar-refractivity contribution in [3.63, 3.8) is 0 Å². The van der Waals surface area contributed by atoms with E-state index in [2.05, 4.69) is 29.8 Å². The Labute approximate surface area is 93.9 Å².